The van der Waals surface area contributed by atoms with E-state index in [0.29, 0.717) is 5.92 Å². The zero-order valence-corrected chi connectivity index (χ0v) is 14.8. The molecule has 134 valence electrons. The molecular formula is C18H19ClN6O. The minimum Gasteiger partial charge on any atom is -0.345 e. The van der Waals surface area contributed by atoms with Crippen LogP contribution in [-0.4, -0.2) is 37.7 Å². The van der Waals surface area contributed by atoms with Gasteiger partial charge in [0.2, 0.25) is 0 Å². The molecule has 7 nitrogen and oxygen atoms in total. The van der Waals surface area contributed by atoms with E-state index < -0.39 is 0 Å². The van der Waals surface area contributed by atoms with Crippen LogP contribution in [0.4, 0.5) is 0 Å². The number of piperidine rings is 1. The van der Waals surface area contributed by atoms with Gasteiger partial charge in [-0.1, -0.05) is 12.1 Å². The summed E-state index contributed by atoms with van der Waals surface area (Å²) in [5, 5.41) is 9.11. The second-order valence-corrected chi connectivity index (χ2v) is 6.51. The largest absolute Gasteiger partial charge is 0.345 e. The van der Waals surface area contributed by atoms with Crippen LogP contribution in [0.3, 0.4) is 0 Å². The zero-order chi connectivity index (χ0) is 16.8. The van der Waals surface area contributed by atoms with Crippen molar-refractivity contribution in [2.24, 2.45) is 0 Å². The van der Waals surface area contributed by atoms with Crippen molar-refractivity contribution in [2.45, 2.75) is 18.8 Å². The molecule has 4 heterocycles. The fourth-order valence-electron chi connectivity index (χ4n) is 3.82. The van der Waals surface area contributed by atoms with Crippen molar-refractivity contribution < 1.29 is 0 Å². The Kier molecular flexibility index (Phi) is 4.26. The maximum Gasteiger partial charge on any atom is 0.251 e. The van der Waals surface area contributed by atoms with Gasteiger partial charge in [-0.05, 0) is 32.0 Å². The summed E-state index contributed by atoms with van der Waals surface area (Å²) in [6, 6.07) is 7.68. The smallest absolute Gasteiger partial charge is 0.251 e. The Morgan fingerprint density at radius 3 is 2.81 bits per heavy atom. The topological polar surface area (TPSA) is 90.9 Å². The number of hydrogen-bond donors (Lipinski definition) is 3. The summed E-state index contributed by atoms with van der Waals surface area (Å²) in [6.07, 6.45) is 5.47. The third-order valence-electron chi connectivity index (χ3n) is 5.01. The van der Waals surface area contributed by atoms with Crippen LogP contribution < -0.4 is 10.9 Å². The summed E-state index contributed by atoms with van der Waals surface area (Å²) in [5.74, 6) is 0.343. The molecule has 0 bridgehead atoms. The fraction of sp³-hybridized carbons (Fsp3) is 0.278. The minimum absolute atomic E-state index is 0. The number of nitrogens with one attached hydrogen (secondary N) is 3. The Balaban J connectivity index is 0.00000168. The van der Waals surface area contributed by atoms with Gasteiger partial charge in [-0.15, -0.1) is 12.4 Å². The molecule has 0 saturated carbocycles. The van der Waals surface area contributed by atoms with Crippen molar-refractivity contribution >= 4 is 29.0 Å². The van der Waals surface area contributed by atoms with E-state index >= 15 is 0 Å². The molecule has 8 heteroatoms. The number of imidazole rings is 1. The average molecular weight is 371 g/mol. The van der Waals surface area contributed by atoms with Gasteiger partial charge in [0.15, 0.2) is 0 Å². The second kappa shape index (κ2) is 6.59. The number of aromatic amines is 2. The Bertz CT molecular complexity index is 1110. The number of nitrogens with zero attached hydrogens (tertiary/aromatic N) is 3. The van der Waals surface area contributed by atoms with Gasteiger partial charge in [0.25, 0.3) is 5.56 Å². The molecule has 1 fully saturated rings. The molecule has 26 heavy (non-hydrogen) atoms. The summed E-state index contributed by atoms with van der Waals surface area (Å²) in [5.41, 5.74) is 4.43. The Morgan fingerprint density at radius 1 is 1.19 bits per heavy atom. The van der Waals surface area contributed by atoms with Crippen LogP contribution in [0.2, 0.25) is 0 Å². The average Bonchev–Trinajstić information content (AvgIpc) is 3.29. The van der Waals surface area contributed by atoms with E-state index in [1.807, 2.05) is 22.7 Å². The highest BCUT2D eigenvalue weighted by Crippen LogP contribution is 2.31. The van der Waals surface area contributed by atoms with Crippen molar-refractivity contribution in [3.05, 3.63) is 52.8 Å². The lowest BCUT2D eigenvalue weighted by Crippen LogP contribution is -2.28. The SMILES string of the molecule is Cl.O=c1cc(C2CCNCC2)n2nc3cccc(-c4cnc[nH]4)c3c2[nH]1. The lowest BCUT2D eigenvalue weighted by Gasteiger charge is -2.23. The van der Waals surface area contributed by atoms with Crippen LogP contribution >= 0.6 is 12.4 Å². The number of halogens is 1. The van der Waals surface area contributed by atoms with Gasteiger partial charge in [-0.3, -0.25) is 4.79 Å². The van der Waals surface area contributed by atoms with Crippen LogP contribution in [0.15, 0.2) is 41.6 Å². The molecule has 4 aromatic rings. The van der Waals surface area contributed by atoms with E-state index in [1.54, 1.807) is 18.6 Å². The number of rotatable bonds is 2. The van der Waals surface area contributed by atoms with E-state index in [-0.39, 0.29) is 18.0 Å². The zero-order valence-electron chi connectivity index (χ0n) is 14.0. The molecule has 5 rings (SSSR count). The molecule has 1 saturated heterocycles. The molecular weight excluding hydrogens is 352 g/mol. The summed E-state index contributed by atoms with van der Waals surface area (Å²) < 4.78 is 1.92. The van der Waals surface area contributed by atoms with Crippen LogP contribution in [0.5, 0.6) is 0 Å². The first-order valence-corrected chi connectivity index (χ1v) is 8.55. The van der Waals surface area contributed by atoms with E-state index in [9.17, 15) is 4.79 Å². The van der Waals surface area contributed by atoms with E-state index in [2.05, 4.69) is 20.3 Å². The molecule has 1 aliphatic rings. The van der Waals surface area contributed by atoms with Gasteiger partial charge < -0.3 is 15.3 Å². The first kappa shape index (κ1) is 16.8. The first-order chi connectivity index (χ1) is 12.3. The number of benzene rings is 1. The lowest BCUT2D eigenvalue weighted by molar-refractivity contribution is 0.446. The lowest BCUT2D eigenvalue weighted by atomic mass is 9.94. The third-order valence-corrected chi connectivity index (χ3v) is 5.01. The van der Waals surface area contributed by atoms with Gasteiger partial charge >= 0.3 is 0 Å². The summed E-state index contributed by atoms with van der Waals surface area (Å²) >= 11 is 0. The van der Waals surface area contributed by atoms with Crippen molar-refractivity contribution in [3.8, 4) is 11.3 Å². The standard InChI is InChI=1S/C18H18N6O.ClH/c25-16-8-15(11-4-6-19-7-5-11)24-18(22-16)17-12(14-9-20-10-21-14)2-1-3-13(17)23-24;/h1-3,8-11,19H,4-7H2,(H,20,21)(H,22,25);1H. The van der Waals surface area contributed by atoms with Gasteiger partial charge in [0, 0.05) is 17.5 Å². The predicted octanol–water partition coefficient (Wildman–Crippen LogP) is 2.45. The molecule has 0 unspecified atom stereocenters. The number of fused-ring (bicyclic) bond motifs is 3. The van der Waals surface area contributed by atoms with E-state index in [1.165, 1.54) is 0 Å². The van der Waals surface area contributed by atoms with Gasteiger partial charge in [-0.25, -0.2) is 9.50 Å². The van der Waals surface area contributed by atoms with Gasteiger partial charge in [-0.2, -0.15) is 5.10 Å². The summed E-state index contributed by atoms with van der Waals surface area (Å²) in [6.45, 7) is 1.94. The quantitative estimate of drug-likeness (QED) is 0.505. The van der Waals surface area contributed by atoms with Crippen molar-refractivity contribution in [1.29, 1.82) is 0 Å². The Labute approximate surface area is 155 Å². The molecule has 3 N–H and O–H groups in total. The van der Waals surface area contributed by atoms with Crippen LogP contribution in [0.25, 0.3) is 27.8 Å². The molecule has 0 amide bonds. The van der Waals surface area contributed by atoms with Crippen LogP contribution in [0, 0.1) is 0 Å². The van der Waals surface area contributed by atoms with Crippen LogP contribution in [0.1, 0.15) is 24.5 Å². The summed E-state index contributed by atoms with van der Waals surface area (Å²) in [7, 11) is 0. The molecule has 1 aromatic carbocycles. The molecule has 3 aromatic heterocycles. The highest BCUT2D eigenvalue weighted by atomic mass is 35.5. The highest BCUT2D eigenvalue weighted by Gasteiger charge is 2.21. The van der Waals surface area contributed by atoms with Gasteiger partial charge in [0.1, 0.15) is 5.65 Å². The minimum atomic E-state index is -0.0813. The van der Waals surface area contributed by atoms with Crippen molar-refractivity contribution in [3.63, 3.8) is 0 Å². The molecule has 0 radical (unpaired) electrons. The highest BCUT2D eigenvalue weighted by molar-refractivity contribution is 6.03. The number of aromatic nitrogens is 5. The van der Waals surface area contributed by atoms with E-state index in [0.717, 1.165) is 59.4 Å². The van der Waals surface area contributed by atoms with Crippen molar-refractivity contribution in [1.82, 2.24) is 29.9 Å². The summed E-state index contributed by atoms with van der Waals surface area (Å²) in [4.78, 5) is 22.6. The normalized spacial score (nSPS) is 15.4. The Morgan fingerprint density at radius 2 is 2.04 bits per heavy atom. The second-order valence-electron chi connectivity index (χ2n) is 6.51. The van der Waals surface area contributed by atoms with E-state index in [4.69, 9.17) is 5.10 Å². The molecule has 0 spiro atoms. The Hall–Kier alpha value is -2.64. The van der Waals surface area contributed by atoms with Crippen molar-refractivity contribution in [2.75, 3.05) is 13.1 Å². The number of hydrogen-bond acceptors (Lipinski definition) is 4. The molecule has 1 aliphatic heterocycles. The maximum atomic E-state index is 12.4. The molecule has 0 atom stereocenters. The maximum absolute atomic E-state index is 12.4. The third kappa shape index (κ3) is 2.60. The number of H-pyrrole nitrogens is 2. The monoisotopic (exact) mass is 370 g/mol. The fourth-order valence-corrected chi connectivity index (χ4v) is 3.82. The first-order valence-electron chi connectivity index (χ1n) is 8.55. The molecule has 0 aliphatic carbocycles. The van der Waals surface area contributed by atoms with Gasteiger partial charge in [0.05, 0.1) is 34.8 Å². The van der Waals surface area contributed by atoms with Crippen LogP contribution in [-0.2, 0) is 0 Å². The predicted molar refractivity (Wildman–Crippen MR) is 103 cm³/mol.